The van der Waals surface area contributed by atoms with Gasteiger partial charge in [-0.15, -0.1) is 0 Å². The van der Waals surface area contributed by atoms with Crippen molar-refractivity contribution in [3.63, 3.8) is 0 Å². The van der Waals surface area contributed by atoms with Gasteiger partial charge in [0.15, 0.2) is 5.78 Å². The average Bonchev–Trinajstić information content (AvgIpc) is 2.64. The number of aromatic nitrogens is 3. The maximum atomic E-state index is 11.5. The minimum absolute atomic E-state index is 0.0237. The first kappa shape index (κ1) is 8.83. The third-order valence-corrected chi connectivity index (χ3v) is 1.90. The summed E-state index contributed by atoms with van der Waals surface area (Å²) in [5, 5.41) is 2.81. The Labute approximate surface area is 80.8 Å². The maximum absolute atomic E-state index is 11.5. The highest BCUT2D eigenvalue weighted by Gasteiger charge is 2.05. The molecule has 5 heteroatoms. The summed E-state index contributed by atoms with van der Waals surface area (Å²) >= 11 is 0. The van der Waals surface area contributed by atoms with Crippen LogP contribution in [0.2, 0.25) is 0 Å². The van der Waals surface area contributed by atoms with Crippen LogP contribution in [0.15, 0.2) is 24.8 Å². The Bertz CT molecular complexity index is 463. The van der Waals surface area contributed by atoms with E-state index in [2.05, 4.69) is 15.3 Å². The average molecular weight is 190 g/mol. The van der Waals surface area contributed by atoms with E-state index in [1.165, 1.54) is 0 Å². The van der Waals surface area contributed by atoms with Crippen molar-refractivity contribution in [2.24, 2.45) is 0 Å². The van der Waals surface area contributed by atoms with E-state index in [9.17, 15) is 4.79 Å². The molecule has 0 bridgehead atoms. The number of likely N-dealkylation sites (N-methyl/N-ethyl adjacent to an activating group) is 1. The number of nitrogens with one attached hydrogen (secondary N) is 1. The molecule has 0 aromatic carbocycles. The van der Waals surface area contributed by atoms with Gasteiger partial charge in [0.25, 0.3) is 0 Å². The summed E-state index contributed by atoms with van der Waals surface area (Å²) < 4.78 is 1.73. The van der Waals surface area contributed by atoms with Crippen molar-refractivity contribution < 1.29 is 4.79 Å². The number of fused-ring (bicyclic) bond motifs is 1. The fourth-order valence-electron chi connectivity index (χ4n) is 1.22. The van der Waals surface area contributed by atoms with Crippen molar-refractivity contribution >= 4 is 11.6 Å². The monoisotopic (exact) mass is 190 g/mol. The zero-order valence-corrected chi connectivity index (χ0v) is 7.77. The largest absolute Gasteiger partial charge is 0.313 e. The second-order valence-electron chi connectivity index (χ2n) is 2.93. The summed E-state index contributed by atoms with van der Waals surface area (Å²) in [4.78, 5) is 19.5. The lowest BCUT2D eigenvalue weighted by Gasteiger charge is -1.99. The van der Waals surface area contributed by atoms with Crippen molar-refractivity contribution in [2.45, 2.75) is 0 Å². The van der Waals surface area contributed by atoms with E-state index in [4.69, 9.17) is 0 Å². The zero-order chi connectivity index (χ0) is 9.97. The second kappa shape index (κ2) is 3.55. The van der Waals surface area contributed by atoms with E-state index in [-0.39, 0.29) is 5.78 Å². The van der Waals surface area contributed by atoms with E-state index in [1.807, 2.05) is 0 Å². The topological polar surface area (TPSA) is 59.3 Å². The normalized spacial score (nSPS) is 10.6. The number of imidazole rings is 1. The van der Waals surface area contributed by atoms with Gasteiger partial charge in [-0.3, -0.25) is 9.20 Å². The molecule has 0 aliphatic heterocycles. The Balaban J connectivity index is 2.38. The van der Waals surface area contributed by atoms with E-state index < -0.39 is 0 Å². The van der Waals surface area contributed by atoms with Gasteiger partial charge in [0.05, 0.1) is 12.1 Å². The lowest BCUT2D eigenvalue weighted by molar-refractivity contribution is 0.0993. The maximum Gasteiger partial charge on any atom is 0.233 e. The first-order valence-corrected chi connectivity index (χ1v) is 4.28. The van der Waals surface area contributed by atoms with Crippen molar-refractivity contribution in [2.75, 3.05) is 13.6 Å². The summed E-state index contributed by atoms with van der Waals surface area (Å²) in [6, 6.07) is 0. The van der Waals surface area contributed by atoms with Gasteiger partial charge in [0.2, 0.25) is 5.78 Å². The van der Waals surface area contributed by atoms with Crippen LogP contribution in [0.1, 0.15) is 10.4 Å². The van der Waals surface area contributed by atoms with Gasteiger partial charge in [0.1, 0.15) is 0 Å². The summed E-state index contributed by atoms with van der Waals surface area (Å²) in [6.07, 6.45) is 6.68. The first-order chi connectivity index (χ1) is 6.81. The lowest BCUT2D eigenvalue weighted by Crippen LogP contribution is -2.19. The van der Waals surface area contributed by atoms with Crippen LogP contribution in [-0.4, -0.2) is 33.7 Å². The Kier molecular flexibility index (Phi) is 2.24. The molecule has 0 aliphatic carbocycles. The van der Waals surface area contributed by atoms with Crippen molar-refractivity contribution in [1.29, 1.82) is 0 Å². The molecule has 72 valence electrons. The van der Waals surface area contributed by atoms with Gasteiger partial charge in [-0.1, -0.05) is 0 Å². The van der Waals surface area contributed by atoms with Gasteiger partial charge >= 0.3 is 0 Å². The van der Waals surface area contributed by atoms with Gasteiger partial charge in [-0.25, -0.2) is 9.97 Å². The number of nitrogens with zero attached hydrogens (tertiary/aromatic N) is 3. The van der Waals surface area contributed by atoms with Crippen LogP contribution < -0.4 is 5.32 Å². The molecule has 2 aromatic rings. The van der Waals surface area contributed by atoms with Gasteiger partial charge in [-0.05, 0) is 7.05 Å². The Morgan fingerprint density at radius 3 is 3.21 bits per heavy atom. The number of rotatable bonds is 3. The molecule has 14 heavy (non-hydrogen) atoms. The first-order valence-electron chi connectivity index (χ1n) is 4.28. The van der Waals surface area contributed by atoms with Crippen LogP contribution in [0.3, 0.4) is 0 Å². The summed E-state index contributed by atoms with van der Waals surface area (Å²) in [6.45, 7) is 0.321. The molecule has 2 heterocycles. The third kappa shape index (κ3) is 1.49. The highest BCUT2D eigenvalue weighted by atomic mass is 16.1. The number of carbonyl (C=O) groups is 1. The summed E-state index contributed by atoms with van der Waals surface area (Å²) in [5.74, 6) is 0.626. The molecule has 5 nitrogen and oxygen atoms in total. The Morgan fingerprint density at radius 2 is 2.43 bits per heavy atom. The van der Waals surface area contributed by atoms with Crippen molar-refractivity contribution in [1.82, 2.24) is 19.7 Å². The van der Waals surface area contributed by atoms with Crippen molar-refractivity contribution in [3.05, 3.63) is 30.4 Å². The molecule has 0 fully saturated rings. The molecule has 1 N–H and O–H groups in total. The molecule has 2 rings (SSSR count). The van der Waals surface area contributed by atoms with E-state index in [0.29, 0.717) is 17.9 Å². The molecule has 0 atom stereocenters. The second-order valence-corrected chi connectivity index (χ2v) is 2.93. The molecule has 2 aromatic heterocycles. The van der Waals surface area contributed by atoms with Crippen LogP contribution in [0.5, 0.6) is 0 Å². The molecule has 0 spiro atoms. The van der Waals surface area contributed by atoms with E-state index in [1.54, 1.807) is 36.2 Å². The lowest BCUT2D eigenvalue weighted by atomic mass is 10.2. The van der Waals surface area contributed by atoms with Crippen LogP contribution in [0.25, 0.3) is 5.78 Å². The quantitative estimate of drug-likeness (QED) is 0.699. The van der Waals surface area contributed by atoms with Gasteiger partial charge in [0, 0.05) is 24.8 Å². The third-order valence-electron chi connectivity index (χ3n) is 1.90. The zero-order valence-electron chi connectivity index (χ0n) is 7.77. The highest BCUT2D eigenvalue weighted by molar-refractivity contribution is 5.97. The Morgan fingerprint density at radius 1 is 1.57 bits per heavy atom. The standard InChI is InChI=1S/C9H10N4O/c1-10-5-8(14)7-4-12-9-11-2-3-13(9)6-7/h2-4,6,10H,5H2,1H3. The minimum atomic E-state index is 0.0237. The molecule has 0 radical (unpaired) electrons. The predicted octanol–water partition coefficient (Wildman–Crippen LogP) is 0.131. The number of Topliss-reactive ketones (excluding diaryl/α,β-unsaturated/α-hetero) is 1. The minimum Gasteiger partial charge on any atom is -0.313 e. The fraction of sp³-hybridized carbons (Fsp3) is 0.222. The summed E-state index contributed by atoms with van der Waals surface area (Å²) in [5.41, 5.74) is 0.588. The molecular formula is C9H10N4O. The summed E-state index contributed by atoms with van der Waals surface area (Å²) in [7, 11) is 1.74. The SMILES string of the molecule is CNCC(=O)c1cnc2nccn2c1. The fourth-order valence-corrected chi connectivity index (χ4v) is 1.22. The van der Waals surface area contributed by atoms with Crippen LogP contribution >= 0.6 is 0 Å². The van der Waals surface area contributed by atoms with Crippen LogP contribution in [0, 0.1) is 0 Å². The van der Waals surface area contributed by atoms with Crippen molar-refractivity contribution in [3.8, 4) is 0 Å². The number of carbonyl (C=O) groups excluding carboxylic acids is 1. The molecular weight excluding hydrogens is 180 g/mol. The molecule has 0 unspecified atom stereocenters. The molecule has 0 saturated heterocycles. The molecule has 0 aliphatic rings. The van der Waals surface area contributed by atoms with Gasteiger partial charge < -0.3 is 5.32 Å². The highest BCUT2D eigenvalue weighted by Crippen LogP contribution is 2.01. The predicted molar refractivity (Wildman–Crippen MR) is 51.2 cm³/mol. The molecule has 0 amide bonds. The Hall–Kier alpha value is -1.75. The van der Waals surface area contributed by atoms with E-state index in [0.717, 1.165) is 0 Å². The smallest absolute Gasteiger partial charge is 0.233 e. The van der Waals surface area contributed by atoms with Gasteiger partial charge in [-0.2, -0.15) is 0 Å². The number of ketones is 1. The van der Waals surface area contributed by atoms with Crippen LogP contribution in [0.4, 0.5) is 0 Å². The van der Waals surface area contributed by atoms with Crippen LogP contribution in [-0.2, 0) is 0 Å². The molecule has 0 saturated carbocycles. The number of hydrogen-bond donors (Lipinski definition) is 1. The van der Waals surface area contributed by atoms with E-state index >= 15 is 0 Å². The number of hydrogen-bond acceptors (Lipinski definition) is 4.